The van der Waals surface area contributed by atoms with E-state index in [4.69, 9.17) is 9.26 Å². The molecule has 0 saturated carbocycles. The van der Waals surface area contributed by atoms with Gasteiger partial charge in [-0.1, -0.05) is 12.1 Å². The number of carbonyl (C=O) groups excluding carboxylic acids is 1. The molecule has 2 N–H and O–H groups in total. The third-order valence-corrected chi connectivity index (χ3v) is 9.31. The lowest BCUT2D eigenvalue weighted by atomic mass is 10.0. The SMILES string of the molecule is Cc1noc(C)c1S(=O)(=O)Nc1ccc2c(c1)CC(=O)N([C@H](C)CO)C[C@@H](C)[C@H](CN(C)S(C)(=O)=O)O2. The van der Waals surface area contributed by atoms with E-state index in [-0.39, 0.29) is 60.0 Å². The van der Waals surface area contributed by atoms with E-state index >= 15 is 0 Å². The molecule has 0 aliphatic carbocycles. The highest BCUT2D eigenvalue weighted by atomic mass is 32.2. The Labute approximate surface area is 217 Å². The molecular weight excluding hydrogens is 524 g/mol. The van der Waals surface area contributed by atoms with Crippen LogP contribution in [0.2, 0.25) is 0 Å². The maximum absolute atomic E-state index is 13.3. The highest BCUT2D eigenvalue weighted by Gasteiger charge is 2.32. The summed E-state index contributed by atoms with van der Waals surface area (Å²) in [5.74, 6) is -0.0792. The summed E-state index contributed by atoms with van der Waals surface area (Å²) in [6.45, 7) is 6.61. The van der Waals surface area contributed by atoms with Gasteiger partial charge in [-0.15, -0.1) is 0 Å². The van der Waals surface area contributed by atoms with Crippen LogP contribution in [0.4, 0.5) is 5.69 Å². The normalized spacial score (nSPS) is 20.0. The molecule has 0 radical (unpaired) electrons. The van der Waals surface area contributed by atoms with Crippen molar-refractivity contribution in [3.8, 4) is 5.75 Å². The van der Waals surface area contributed by atoms with Crippen molar-refractivity contribution in [2.24, 2.45) is 5.92 Å². The number of nitrogens with one attached hydrogen (secondary N) is 1. The summed E-state index contributed by atoms with van der Waals surface area (Å²) < 4.78 is 65.0. The molecule has 206 valence electrons. The van der Waals surface area contributed by atoms with Crippen LogP contribution in [0.3, 0.4) is 0 Å². The Morgan fingerprint density at radius 2 is 1.95 bits per heavy atom. The number of ether oxygens (including phenoxy) is 1. The standard InChI is InChI=1S/C23H34N4O8S2/c1-14-11-27(15(2)13-28)22(29)10-18-9-19(25-37(32,33)23-16(3)24-35-17(23)4)7-8-20(18)34-21(14)12-26(5)36(6,30)31/h7-9,14-15,21,25,28H,10-13H2,1-6H3/t14-,15-,21+/m1/s1. The Morgan fingerprint density at radius 3 is 2.51 bits per heavy atom. The van der Waals surface area contributed by atoms with Crippen molar-refractivity contribution in [2.45, 2.75) is 51.2 Å². The average molecular weight is 559 g/mol. The minimum absolute atomic E-state index is 0.0371. The van der Waals surface area contributed by atoms with Crippen LogP contribution in [0, 0.1) is 19.8 Å². The van der Waals surface area contributed by atoms with Crippen molar-refractivity contribution in [3.05, 3.63) is 35.2 Å². The highest BCUT2D eigenvalue weighted by Crippen LogP contribution is 2.31. The quantitative estimate of drug-likeness (QED) is 0.484. The van der Waals surface area contributed by atoms with Gasteiger partial charge in [-0.2, -0.15) is 0 Å². The summed E-state index contributed by atoms with van der Waals surface area (Å²) in [4.78, 5) is 14.8. The molecule has 1 amide bonds. The molecule has 14 heteroatoms. The smallest absolute Gasteiger partial charge is 0.267 e. The Morgan fingerprint density at radius 1 is 1.27 bits per heavy atom. The number of likely N-dealkylation sites (N-methyl/N-ethyl adjacent to an activating group) is 1. The first-order chi connectivity index (χ1) is 17.1. The van der Waals surface area contributed by atoms with Gasteiger partial charge in [-0.25, -0.2) is 21.1 Å². The van der Waals surface area contributed by atoms with Gasteiger partial charge < -0.3 is 19.3 Å². The minimum Gasteiger partial charge on any atom is -0.488 e. The zero-order chi connectivity index (χ0) is 27.7. The lowest BCUT2D eigenvalue weighted by Gasteiger charge is -2.33. The van der Waals surface area contributed by atoms with Crippen molar-refractivity contribution < 1.29 is 36.0 Å². The largest absolute Gasteiger partial charge is 0.488 e. The number of aliphatic hydroxyl groups excluding tert-OH is 1. The van der Waals surface area contributed by atoms with Crippen LogP contribution >= 0.6 is 0 Å². The van der Waals surface area contributed by atoms with Crippen molar-refractivity contribution >= 4 is 31.6 Å². The molecule has 0 fully saturated rings. The van der Waals surface area contributed by atoms with Gasteiger partial charge in [0, 0.05) is 30.8 Å². The van der Waals surface area contributed by atoms with Gasteiger partial charge >= 0.3 is 0 Å². The monoisotopic (exact) mass is 558 g/mol. The number of sulfonamides is 2. The molecule has 1 aromatic carbocycles. The fraction of sp³-hybridized carbons (Fsp3) is 0.565. The van der Waals surface area contributed by atoms with Gasteiger partial charge in [0.15, 0.2) is 10.7 Å². The third kappa shape index (κ3) is 6.61. The number of hydrogen-bond donors (Lipinski definition) is 2. The number of nitrogens with zero attached hydrogens (tertiary/aromatic N) is 3. The number of carbonyl (C=O) groups is 1. The second-order valence-electron chi connectivity index (χ2n) is 9.51. The van der Waals surface area contributed by atoms with Crippen LogP contribution in [-0.2, 0) is 31.3 Å². The predicted octanol–water partition coefficient (Wildman–Crippen LogP) is 1.13. The van der Waals surface area contributed by atoms with Crippen molar-refractivity contribution in [1.29, 1.82) is 0 Å². The summed E-state index contributed by atoms with van der Waals surface area (Å²) in [6.07, 6.45) is 0.367. The van der Waals surface area contributed by atoms with E-state index in [1.165, 1.54) is 42.2 Å². The van der Waals surface area contributed by atoms with E-state index in [0.717, 1.165) is 6.26 Å². The number of aromatic nitrogens is 1. The number of aryl methyl sites for hydroxylation is 2. The Balaban J connectivity index is 2.02. The highest BCUT2D eigenvalue weighted by molar-refractivity contribution is 7.92. The van der Waals surface area contributed by atoms with Gasteiger partial charge in [-0.3, -0.25) is 9.52 Å². The van der Waals surface area contributed by atoms with Gasteiger partial charge in [0.2, 0.25) is 15.9 Å². The van der Waals surface area contributed by atoms with Crippen LogP contribution in [0.1, 0.15) is 30.9 Å². The molecule has 37 heavy (non-hydrogen) atoms. The number of hydrogen-bond acceptors (Lipinski definition) is 9. The first kappa shape index (κ1) is 28.9. The van der Waals surface area contributed by atoms with Crippen LogP contribution < -0.4 is 9.46 Å². The molecule has 3 rings (SSSR count). The second-order valence-corrected chi connectivity index (χ2v) is 13.2. The summed E-state index contributed by atoms with van der Waals surface area (Å²) in [6, 6.07) is 4.09. The number of rotatable bonds is 8. The Hall–Kier alpha value is -2.68. The first-order valence-corrected chi connectivity index (χ1v) is 15.0. The topological polar surface area (TPSA) is 159 Å². The zero-order valence-corrected chi connectivity index (χ0v) is 23.4. The first-order valence-electron chi connectivity index (χ1n) is 11.7. The predicted molar refractivity (Wildman–Crippen MR) is 136 cm³/mol. The molecule has 1 aliphatic rings. The zero-order valence-electron chi connectivity index (χ0n) is 21.8. The van der Waals surface area contributed by atoms with Gasteiger partial charge in [0.05, 0.1) is 31.9 Å². The molecule has 0 saturated heterocycles. The average Bonchev–Trinajstić information content (AvgIpc) is 3.16. The van der Waals surface area contributed by atoms with E-state index < -0.39 is 32.2 Å². The van der Waals surface area contributed by atoms with Gasteiger partial charge in [0.1, 0.15) is 17.5 Å². The lowest BCUT2D eigenvalue weighted by molar-refractivity contribution is -0.134. The minimum atomic E-state index is -4.02. The number of aliphatic hydroxyl groups is 1. The van der Waals surface area contributed by atoms with E-state index in [0.29, 0.717) is 11.3 Å². The van der Waals surface area contributed by atoms with E-state index in [1.54, 1.807) is 13.0 Å². The third-order valence-electron chi connectivity index (χ3n) is 6.41. The fourth-order valence-corrected chi connectivity index (χ4v) is 5.96. The summed E-state index contributed by atoms with van der Waals surface area (Å²) >= 11 is 0. The van der Waals surface area contributed by atoms with E-state index in [1.807, 2.05) is 6.92 Å². The molecule has 0 unspecified atom stereocenters. The summed E-state index contributed by atoms with van der Waals surface area (Å²) in [7, 11) is -6.07. The van der Waals surface area contributed by atoms with Gasteiger partial charge in [0.25, 0.3) is 10.0 Å². The van der Waals surface area contributed by atoms with Crippen LogP contribution in [-0.4, -0.2) is 87.4 Å². The molecule has 12 nitrogen and oxygen atoms in total. The molecule has 2 heterocycles. The Bertz CT molecular complexity index is 1340. The maximum atomic E-state index is 13.3. The molecular formula is C23H34N4O8S2. The Kier molecular flexibility index (Phi) is 8.57. The van der Waals surface area contributed by atoms with Gasteiger partial charge in [-0.05, 0) is 39.0 Å². The number of fused-ring (bicyclic) bond motifs is 1. The van der Waals surface area contributed by atoms with Crippen molar-refractivity contribution in [1.82, 2.24) is 14.4 Å². The van der Waals surface area contributed by atoms with Crippen LogP contribution in [0.5, 0.6) is 5.75 Å². The molecule has 1 aliphatic heterocycles. The number of amides is 1. The molecule has 3 atom stereocenters. The lowest BCUT2D eigenvalue weighted by Crippen LogP contribution is -2.48. The summed E-state index contributed by atoms with van der Waals surface area (Å²) in [5, 5.41) is 13.4. The number of anilines is 1. The summed E-state index contributed by atoms with van der Waals surface area (Å²) in [5.41, 5.74) is 0.834. The fourth-order valence-electron chi connectivity index (χ4n) is 4.16. The molecule has 2 aromatic rings. The van der Waals surface area contributed by atoms with Crippen molar-refractivity contribution in [3.63, 3.8) is 0 Å². The molecule has 0 spiro atoms. The molecule has 1 aromatic heterocycles. The van der Waals surface area contributed by atoms with E-state index in [9.17, 15) is 26.7 Å². The van der Waals surface area contributed by atoms with Crippen LogP contribution in [0.15, 0.2) is 27.6 Å². The van der Waals surface area contributed by atoms with E-state index in [2.05, 4.69) is 9.88 Å². The van der Waals surface area contributed by atoms with Crippen molar-refractivity contribution in [2.75, 3.05) is 37.7 Å². The molecule has 0 bridgehead atoms. The number of benzene rings is 1. The van der Waals surface area contributed by atoms with Crippen LogP contribution in [0.25, 0.3) is 0 Å². The second kappa shape index (κ2) is 11.0. The maximum Gasteiger partial charge on any atom is 0.267 e.